The van der Waals surface area contributed by atoms with Crippen molar-refractivity contribution in [2.75, 3.05) is 31.6 Å². The van der Waals surface area contributed by atoms with E-state index in [1.165, 1.54) is 0 Å². The van der Waals surface area contributed by atoms with Crippen molar-refractivity contribution in [3.8, 4) is 6.07 Å². The SMILES string of the molecule is CCN(CCO)C(=O)CNc1ccc(C#N)cc1. The van der Waals surface area contributed by atoms with Crippen molar-refractivity contribution in [3.05, 3.63) is 29.8 Å². The van der Waals surface area contributed by atoms with Gasteiger partial charge in [-0.05, 0) is 31.2 Å². The predicted molar refractivity (Wildman–Crippen MR) is 69.0 cm³/mol. The number of nitriles is 1. The van der Waals surface area contributed by atoms with Crippen LogP contribution in [0.4, 0.5) is 5.69 Å². The molecule has 5 nitrogen and oxygen atoms in total. The topological polar surface area (TPSA) is 76.4 Å². The van der Waals surface area contributed by atoms with E-state index >= 15 is 0 Å². The Bertz CT molecular complexity index is 423. The summed E-state index contributed by atoms with van der Waals surface area (Å²) in [4.78, 5) is 13.3. The van der Waals surface area contributed by atoms with Crippen LogP contribution in [0.3, 0.4) is 0 Å². The molecule has 96 valence electrons. The smallest absolute Gasteiger partial charge is 0.241 e. The number of aliphatic hydroxyl groups is 1. The van der Waals surface area contributed by atoms with Crippen molar-refractivity contribution in [1.29, 1.82) is 5.26 Å². The molecule has 0 bridgehead atoms. The van der Waals surface area contributed by atoms with E-state index in [9.17, 15) is 4.79 Å². The minimum atomic E-state index is -0.0593. The number of nitrogens with one attached hydrogen (secondary N) is 1. The summed E-state index contributed by atoms with van der Waals surface area (Å²) in [6.07, 6.45) is 0. The van der Waals surface area contributed by atoms with Crippen LogP contribution in [0.25, 0.3) is 0 Å². The first-order valence-electron chi connectivity index (χ1n) is 5.84. The van der Waals surface area contributed by atoms with Crippen LogP contribution >= 0.6 is 0 Å². The molecule has 1 aromatic rings. The van der Waals surface area contributed by atoms with E-state index in [0.717, 1.165) is 5.69 Å². The summed E-state index contributed by atoms with van der Waals surface area (Å²) < 4.78 is 0. The van der Waals surface area contributed by atoms with Crippen LogP contribution in [0.2, 0.25) is 0 Å². The van der Waals surface area contributed by atoms with E-state index in [1.807, 2.05) is 13.0 Å². The Morgan fingerprint density at radius 3 is 2.61 bits per heavy atom. The zero-order chi connectivity index (χ0) is 13.4. The molecule has 0 radical (unpaired) electrons. The maximum absolute atomic E-state index is 11.8. The quantitative estimate of drug-likeness (QED) is 0.780. The normalized spacial score (nSPS) is 9.61. The first kappa shape index (κ1) is 14.0. The summed E-state index contributed by atoms with van der Waals surface area (Å²) in [6.45, 7) is 2.95. The molecular weight excluding hydrogens is 230 g/mol. The molecule has 0 fully saturated rings. The highest BCUT2D eigenvalue weighted by Gasteiger charge is 2.09. The number of aliphatic hydroxyl groups excluding tert-OH is 1. The number of benzene rings is 1. The molecule has 0 unspecified atom stereocenters. The molecule has 0 saturated carbocycles. The number of amides is 1. The van der Waals surface area contributed by atoms with Crippen molar-refractivity contribution in [2.24, 2.45) is 0 Å². The van der Waals surface area contributed by atoms with Gasteiger partial charge >= 0.3 is 0 Å². The van der Waals surface area contributed by atoms with Crippen molar-refractivity contribution in [3.63, 3.8) is 0 Å². The minimum Gasteiger partial charge on any atom is -0.395 e. The third-order valence-corrected chi connectivity index (χ3v) is 2.56. The van der Waals surface area contributed by atoms with E-state index in [4.69, 9.17) is 10.4 Å². The average molecular weight is 247 g/mol. The van der Waals surface area contributed by atoms with Gasteiger partial charge in [0.15, 0.2) is 0 Å². The van der Waals surface area contributed by atoms with Gasteiger partial charge in [0.25, 0.3) is 0 Å². The molecule has 0 aliphatic rings. The molecule has 0 aromatic heterocycles. The zero-order valence-corrected chi connectivity index (χ0v) is 10.4. The third-order valence-electron chi connectivity index (χ3n) is 2.56. The van der Waals surface area contributed by atoms with Crippen LogP contribution in [-0.2, 0) is 4.79 Å². The lowest BCUT2D eigenvalue weighted by Gasteiger charge is -2.20. The second kappa shape index (κ2) is 7.30. The second-order valence-corrected chi connectivity index (χ2v) is 3.74. The van der Waals surface area contributed by atoms with Gasteiger partial charge in [0, 0.05) is 18.8 Å². The number of rotatable bonds is 6. The van der Waals surface area contributed by atoms with Gasteiger partial charge in [-0.2, -0.15) is 5.26 Å². The average Bonchev–Trinajstić information content (AvgIpc) is 2.42. The zero-order valence-electron chi connectivity index (χ0n) is 10.4. The Morgan fingerprint density at radius 1 is 1.44 bits per heavy atom. The summed E-state index contributed by atoms with van der Waals surface area (Å²) in [5.74, 6) is -0.0593. The summed E-state index contributed by atoms with van der Waals surface area (Å²) in [7, 11) is 0. The molecule has 5 heteroatoms. The Labute approximate surface area is 107 Å². The first-order chi connectivity index (χ1) is 8.71. The van der Waals surface area contributed by atoms with Crippen LogP contribution < -0.4 is 5.32 Å². The van der Waals surface area contributed by atoms with Gasteiger partial charge in [0.2, 0.25) is 5.91 Å². The first-order valence-corrected chi connectivity index (χ1v) is 5.84. The molecule has 0 atom stereocenters. The molecule has 1 aromatic carbocycles. The Morgan fingerprint density at radius 2 is 2.11 bits per heavy atom. The van der Waals surface area contributed by atoms with Gasteiger partial charge in [-0.15, -0.1) is 0 Å². The highest BCUT2D eigenvalue weighted by Crippen LogP contribution is 2.08. The highest BCUT2D eigenvalue weighted by atomic mass is 16.3. The van der Waals surface area contributed by atoms with Crippen molar-refractivity contribution < 1.29 is 9.90 Å². The summed E-state index contributed by atoms with van der Waals surface area (Å²) in [5.41, 5.74) is 1.38. The molecule has 0 spiro atoms. The second-order valence-electron chi connectivity index (χ2n) is 3.74. The molecule has 1 amide bonds. The number of nitrogens with zero attached hydrogens (tertiary/aromatic N) is 2. The fourth-order valence-electron chi connectivity index (χ4n) is 1.53. The number of anilines is 1. The number of carbonyl (C=O) groups is 1. The molecular formula is C13H17N3O2. The molecule has 0 saturated heterocycles. The molecule has 0 aliphatic carbocycles. The standard InChI is InChI=1S/C13H17N3O2/c1-2-16(7-8-17)13(18)10-15-12-5-3-11(9-14)4-6-12/h3-6,15,17H,2,7-8,10H2,1H3. The van der Waals surface area contributed by atoms with E-state index in [-0.39, 0.29) is 19.1 Å². The maximum Gasteiger partial charge on any atom is 0.241 e. The molecule has 0 aliphatic heterocycles. The van der Waals surface area contributed by atoms with Crippen molar-refractivity contribution in [2.45, 2.75) is 6.92 Å². The lowest BCUT2D eigenvalue weighted by Crippen LogP contribution is -2.37. The maximum atomic E-state index is 11.8. The van der Waals surface area contributed by atoms with Gasteiger partial charge in [-0.25, -0.2) is 0 Å². The van der Waals surface area contributed by atoms with E-state index in [1.54, 1.807) is 29.2 Å². The Balaban J connectivity index is 2.48. The van der Waals surface area contributed by atoms with Crippen molar-refractivity contribution >= 4 is 11.6 Å². The van der Waals surface area contributed by atoms with Crippen LogP contribution in [0.15, 0.2) is 24.3 Å². The minimum absolute atomic E-state index is 0.0313. The number of likely N-dealkylation sites (N-methyl/N-ethyl adjacent to an activating group) is 1. The van der Waals surface area contributed by atoms with Gasteiger partial charge in [-0.3, -0.25) is 4.79 Å². The monoisotopic (exact) mass is 247 g/mol. The number of carbonyl (C=O) groups excluding carboxylic acids is 1. The number of hydrogen-bond acceptors (Lipinski definition) is 4. The number of hydrogen-bond donors (Lipinski definition) is 2. The van der Waals surface area contributed by atoms with Crippen molar-refractivity contribution in [1.82, 2.24) is 4.90 Å². The van der Waals surface area contributed by atoms with Crippen LogP contribution in [0, 0.1) is 11.3 Å². The van der Waals surface area contributed by atoms with E-state index in [2.05, 4.69) is 5.32 Å². The Kier molecular flexibility index (Phi) is 5.68. The lowest BCUT2D eigenvalue weighted by atomic mass is 10.2. The van der Waals surface area contributed by atoms with Crippen LogP contribution in [0.1, 0.15) is 12.5 Å². The van der Waals surface area contributed by atoms with Crippen LogP contribution in [0.5, 0.6) is 0 Å². The van der Waals surface area contributed by atoms with Gasteiger partial charge < -0.3 is 15.3 Å². The van der Waals surface area contributed by atoms with Gasteiger partial charge in [-0.1, -0.05) is 0 Å². The van der Waals surface area contributed by atoms with Gasteiger partial charge in [0.05, 0.1) is 24.8 Å². The van der Waals surface area contributed by atoms with E-state index < -0.39 is 0 Å². The summed E-state index contributed by atoms with van der Waals surface area (Å²) >= 11 is 0. The molecule has 18 heavy (non-hydrogen) atoms. The fourth-order valence-corrected chi connectivity index (χ4v) is 1.53. The van der Waals surface area contributed by atoms with Gasteiger partial charge in [0.1, 0.15) is 0 Å². The molecule has 1 rings (SSSR count). The van der Waals surface area contributed by atoms with E-state index in [0.29, 0.717) is 18.7 Å². The Hall–Kier alpha value is -2.06. The molecule has 0 heterocycles. The van der Waals surface area contributed by atoms with Crippen LogP contribution in [-0.4, -0.2) is 42.2 Å². The molecule has 2 N–H and O–H groups in total. The fraction of sp³-hybridized carbons (Fsp3) is 0.385. The summed E-state index contributed by atoms with van der Waals surface area (Å²) in [5, 5.41) is 20.5. The highest BCUT2D eigenvalue weighted by molar-refractivity contribution is 5.80. The predicted octanol–water partition coefficient (Wildman–Crippen LogP) is 0.811. The largest absolute Gasteiger partial charge is 0.395 e. The summed E-state index contributed by atoms with van der Waals surface area (Å²) in [6, 6.07) is 8.93. The lowest BCUT2D eigenvalue weighted by molar-refractivity contribution is -0.129. The third kappa shape index (κ3) is 4.07.